The molecule has 0 saturated heterocycles. The fraction of sp³-hybridized carbons (Fsp3) is 0.333. The third-order valence-corrected chi connectivity index (χ3v) is 2.13. The molecule has 0 bridgehead atoms. The van der Waals surface area contributed by atoms with Crippen molar-refractivity contribution >= 4 is 0 Å². The Labute approximate surface area is 84.6 Å². The van der Waals surface area contributed by atoms with E-state index >= 15 is 0 Å². The molecule has 0 aromatic heterocycles. The third-order valence-electron chi connectivity index (χ3n) is 2.13. The van der Waals surface area contributed by atoms with Crippen LogP contribution in [-0.2, 0) is 0 Å². The second-order valence-electron chi connectivity index (χ2n) is 3.25. The second kappa shape index (κ2) is 5.55. The summed E-state index contributed by atoms with van der Waals surface area (Å²) in [5.41, 5.74) is 0.981. The van der Waals surface area contributed by atoms with Gasteiger partial charge in [-0.2, -0.15) is 0 Å². The Morgan fingerprint density at radius 2 is 2.29 bits per heavy atom. The van der Waals surface area contributed by atoms with Crippen molar-refractivity contribution in [2.75, 3.05) is 6.54 Å². The molecule has 1 N–H and O–H groups in total. The summed E-state index contributed by atoms with van der Waals surface area (Å²) >= 11 is 0. The number of rotatable bonds is 4. The van der Waals surface area contributed by atoms with Crippen LogP contribution in [0, 0.1) is 5.82 Å². The van der Waals surface area contributed by atoms with Crippen molar-refractivity contribution in [2.45, 2.75) is 19.9 Å². The highest BCUT2D eigenvalue weighted by Gasteiger charge is 2.03. The van der Waals surface area contributed by atoms with Crippen molar-refractivity contribution in [3.63, 3.8) is 0 Å². The Balaban J connectivity index is 2.55. The summed E-state index contributed by atoms with van der Waals surface area (Å²) in [6, 6.07) is 6.87. The van der Waals surface area contributed by atoms with Crippen LogP contribution in [0.15, 0.2) is 36.4 Å². The maximum absolute atomic E-state index is 12.9. The molecule has 76 valence electrons. The van der Waals surface area contributed by atoms with E-state index in [4.69, 9.17) is 0 Å². The molecule has 2 heteroatoms. The minimum Gasteiger partial charge on any atom is -0.307 e. The number of benzene rings is 1. The van der Waals surface area contributed by atoms with Crippen LogP contribution in [0.25, 0.3) is 0 Å². The van der Waals surface area contributed by atoms with E-state index in [1.807, 2.05) is 32.1 Å². The van der Waals surface area contributed by atoms with Crippen LogP contribution >= 0.6 is 0 Å². The lowest BCUT2D eigenvalue weighted by Gasteiger charge is -2.12. The first-order chi connectivity index (χ1) is 6.74. The molecular formula is C12H16FN. The van der Waals surface area contributed by atoms with Gasteiger partial charge in [0.05, 0.1) is 0 Å². The van der Waals surface area contributed by atoms with Gasteiger partial charge in [-0.05, 0) is 31.5 Å². The Bertz CT molecular complexity index is 307. The monoisotopic (exact) mass is 193 g/mol. The summed E-state index contributed by atoms with van der Waals surface area (Å²) in [6.45, 7) is 4.82. The molecule has 14 heavy (non-hydrogen) atoms. The van der Waals surface area contributed by atoms with Crippen molar-refractivity contribution in [1.29, 1.82) is 0 Å². The van der Waals surface area contributed by atoms with Crippen LogP contribution < -0.4 is 5.32 Å². The quantitative estimate of drug-likeness (QED) is 0.725. The van der Waals surface area contributed by atoms with E-state index in [1.54, 1.807) is 12.1 Å². The second-order valence-corrected chi connectivity index (χ2v) is 3.25. The van der Waals surface area contributed by atoms with E-state index in [2.05, 4.69) is 5.32 Å². The first kappa shape index (κ1) is 10.9. The van der Waals surface area contributed by atoms with Crippen molar-refractivity contribution in [3.8, 4) is 0 Å². The van der Waals surface area contributed by atoms with Gasteiger partial charge in [-0.25, -0.2) is 4.39 Å². The normalized spacial score (nSPS) is 13.4. The van der Waals surface area contributed by atoms with Gasteiger partial charge in [0.1, 0.15) is 5.82 Å². The van der Waals surface area contributed by atoms with Crippen LogP contribution in [0.5, 0.6) is 0 Å². The average Bonchev–Trinajstić information content (AvgIpc) is 2.18. The molecule has 0 fully saturated rings. The summed E-state index contributed by atoms with van der Waals surface area (Å²) in [5, 5.41) is 3.27. The summed E-state index contributed by atoms with van der Waals surface area (Å²) in [4.78, 5) is 0. The fourth-order valence-corrected chi connectivity index (χ4v) is 1.26. The van der Waals surface area contributed by atoms with E-state index in [0.717, 1.165) is 12.1 Å². The maximum Gasteiger partial charge on any atom is 0.123 e. The molecule has 1 atom stereocenters. The molecule has 1 aromatic rings. The van der Waals surface area contributed by atoms with Gasteiger partial charge in [0.2, 0.25) is 0 Å². The molecule has 1 rings (SSSR count). The highest BCUT2D eigenvalue weighted by atomic mass is 19.1. The molecule has 0 aliphatic rings. The Morgan fingerprint density at radius 1 is 1.50 bits per heavy atom. The zero-order chi connectivity index (χ0) is 10.4. The lowest BCUT2D eigenvalue weighted by atomic mass is 10.1. The van der Waals surface area contributed by atoms with Crippen molar-refractivity contribution in [1.82, 2.24) is 5.32 Å². The van der Waals surface area contributed by atoms with Crippen molar-refractivity contribution in [2.24, 2.45) is 0 Å². The standard InChI is InChI=1S/C12H16FN/c1-3-4-8-14-10(2)11-6-5-7-12(13)9-11/h3-7,9-10,14H,8H2,1-2H3/b4-3+/t10-/m0/s1. The van der Waals surface area contributed by atoms with Crippen LogP contribution in [0.3, 0.4) is 0 Å². The molecule has 0 amide bonds. The fourth-order valence-electron chi connectivity index (χ4n) is 1.26. The number of hydrogen-bond donors (Lipinski definition) is 1. The lowest BCUT2D eigenvalue weighted by molar-refractivity contribution is 0.594. The topological polar surface area (TPSA) is 12.0 Å². The SMILES string of the molecule is C/C=C/CN[C@@H](C)c1cccc(F)c1. The zero-order valence-corrected chi connectivity index (χ0v) is 8.63. The Hall–Kier alpha value is -1.15. The Kier molecular flexibility index (Phi) is 4.33. The predicted octanol–water partition coefficient (Wildman–Crippen LogP) is 3.05. The van der Waals surface area contributed by atoms with E-state index < -0.39 is 0 Å². The number of allylic oxidation sites excluding steroid dienone is 1. The highest BCUT2D eigenvalue weighted by molar-refractivity contribution is 5.19. The van der Waals surface area contributed by atoms with Gasteiger partial charge < -0.3 is 5.32 Å². The Morgan fingerprint density at radius 3 is 2.93 bits per heavy atom. The first-order valence-electron chi connectivity index (χ1n) is 4.84. The van der Waals surface area contributed by atoms with Gasteiger partial charge in [-0.15, -0.1) is 0 Å². The maximum atomic E-state index is 12.9. The van der Waals surface area contributed by atoms with Gasteiger partial charge in [0.25, 0.3) is 0 Å². The number of halogens is 1. The zero-order valence-electron chi connectivity index (χ0n) is 8.63. The summed E-state index contributed by atoms with van der Waals surface area (Å²) in [6.07, 6.45) is 4.03. The largest absolute Gasteiger partial charge is 0.307 e. The van der Waals surface area contributed by atoms with E-state index in [-0.39, 0.29) is 11.9 Å². The third kappa shape index (κ3) is 3.30. The van der Waals surface area contributed by atoms with Gasteiger partial charge in [-0.3, -0.25) is 0 Å². The van der Waals surface area contributed by atoms with E-state index in [9.17, 15) is 4.39 Å². The minimum atomic E-state index is -0.179. The molecule has 1 aromatic carbocycles. The molecule has 0 radical (unpaired) electrons. The van der Waals surface area contributed by atoms with Gasteiger partial charge in [-0.1, -0.05) is 24.3 Å². The number of nitrogens with one attached hydrogen (secondary N) is 1. The van der Waals surface area contributed by atoms with Gasteiger partial charge >= 0.3 is 0 Å². The average molecular weight is 193 g/mol. The van der Waals surface area contributed by atoms with Crippen LogP contribution in [-0.4, -0.2) is 6.54 Å². The summed E-state index contributed by atoms with van der Waals surface area (Å²) in [7, 11) is 0. The van der Waals surface area contributed by atoms with Crippen molar-refractivity contribution < 1.29 is 4.39 Å². The molecule has 1 nitrogen and oxygen atoms in total. The molecule has 0 aliphatic heterocycles. The molecule has 0 saturated carbocycles. The van der Waals surface area contributed by atoms with Gasteiger partial charge in [0, 0.05) is 12.6 Å². The molecule has 0 unspecified atom stereocenters. The minimum absolute atomic E-state index is 0.179. The smallest absolute Gasteiger partial charge is 0.123 e. The first-order valence-corrected chi connectivity index (χ1v) is 4.84. The summed E-state index contributed by atoms with van der Waals surface area (Å²) < 4.78 is 12.9. The number of hydrogen-bond acceptors (Lipinski definition) is 1. The molecule has 0 aliphatic carbocycles. The predicted molar refractivity (Wildman–Crippen MR) is 57.6 cm³/mol. The van der Waals surface area contributed by atoms with E-state index in [1.165, 1.54) is 6.07 Å². The van der Waals surface area contributed by atoms with E-state index in [0.29, 0.717) is 0 Å². The molecular weight excluding hydrogens is 177 g/mol. The van der Waals surface area contributed by atoms with Crippen LogP contribution in [0.4, 0.5) is 4.39 Å². The van der Waals surface area contributed by atoms with Gasteiger partial charge in [0.15, 0.2) is 0 Å². The molecule has 0 heterocycles. The van der Waals surface area contributed by atoms with Crippen LogP contribution in [0.1, 0.15) is 25.5 Å². The summed E-state index contributed by atoms with van der Waals surface area (Å²) in [5.74, 6) is -0.179. The molecule has 0 spiro atoms. The highest BCUT2D eigenvalue weighted by Crippen LogP contribution is 2.12. The van der Waals surface area contributed by atoms with Crippen LogP contribution in [0.2, 0.25) is 0 Å². The lowest BCUT2D eigenvalue weighted by Crippen LogP contribution is -2.18. The van der Waals surface area contributed by atoms with Crippen molar-refractivity contribution in [3.05, 3.63) is 47.8 Å².